The van der Waals surface area contributed by atoms with Crippen molar-refractivity contribution < 1.29 is 4.79 Å². The first-order valence-electron chi connectivity index (χ1n) is 6.13. The maximum atomic E-state index is 12.0. The molecule has 3 aromatic rings. The number of anilines is 1. The van der Waals surface area contributed by atoms with Crippen LogP contribution < -0.4 is 11.1 Å². The van der Waals surface area contributed by atoms with Gasteiger partial charge in [0.1, 0.15) is 5.00 Å². The minimum Gasteiger partial charge on any atom is -0.361 e. The molecule has 0 spiro atoms. The minimum atomic E-state index is -0.615. The van der Waals surface area contributed by atoms with Crippen molar-refractivity contribution in [1.29, 1.82) is 0 Å². The molecule has 0 radical (unpaired) electrons. The van der Waals surface area contributed by atoms with E-state index in [4.69, 9.17) is 5.73 Å². The van der Waals surface area contributed by atoms with Crippen LogP contribution in [0.3, 0.4) is 0 Å². The van der Waals surface area contributed by atoms with Gasteiger partial charge in [-0.1, -0.05) is 22.7 Å². The summed E-state index contributed by atoms with van der Waals surface area (Å²) in [5, 5.41) is 8.05. The SMILES string of the molecule is NC(Cc1c[nH]c2ccccc12)C(=O)Nc1cnns1. The molecule has 2 heterocycles. The Labute approximate surface area is 119 Å². The quantitative estimate of drug-likeness (QED) is 0.678. The van der Waals surface area contributed by atoms with E-state index >= 15 is 0 Å². The summed E-state index contributed by atoms with van der Waals surface area (Å²) in [6.45, 7) is 0. The van der Waals surface area contributed by atoms with Crippen LogP contribution in [0.25, 0.3) is 10.9 Å². The molecule has 1 amide bonds. The average Bonchev–Trinajstić information content (AvgIpc) is 3.09. The molecular weight excluding hydrogens is 274 g/mol. The number of H-pyrrole nitrogens is 1. The highest BCUT2D eigenvalue weighted by Gasteiger charge is 2.16. The maximum absolute atomic E-state index is 12.0. The number of nitrogens with one attached hydrogen (secondary N) is 2. The number of nitrogens with two attached hydrogens (primary N) is 1. The van der Waals surface area contributed by atoms with Crippen molar-refractivity contribution in [1.82, 2.24) is 14.6 Å². The fraction of sp³-hybridized carbons (Fsp3) is 0.154. The molecule has 0 saturated carbocycles. The van der Waals surface area contributed by atoms with E-state index < -0.39 is 6.04 Å². The van der Waals surface area contributed by atoms with Gasteiger partial charge in [-0.15, -0.1) is 5.10 Å². The fourth-order valence-electron chi connectivity index (χ4n) is 2.07. The van der Waals surface area contributed by atoms with Gasteiger partial charge in [-0.05, 0) is 18.1 Å². The zero-order chi connectivity index (χ0) is 13.9. The van der Waals surface area contributed by atoms with E-state index in [-0.39, 0.29) is 5.91 Å². The van der Waals surface area contributed by atoms with Crippen molar-refractivity contribution in [2.24, 2.45) is 5.73 Å². The first-order valence-corrected chi connectivity index (χ1v) is 6.90. The molecule has 20 heavy (non-hydrogen) atoms. The van der Waals surface area contributed by atoms with Crippen molar-refractivity contribution in [3.8, 4) is 0 Å². The average molecular weight is 287 g/mol. The highest BCUT2D eigenvalue weighted by Crippen LogP contribution is 2.19. The number of aromatic nitrogens is 3. The van der Waals surface area contributed by atoms with Crippen molar-refractivity contribution in [2.45, 2.75) is 12.5 Å². The number of benzene rings is 1. The Morgan fingerprint density at radius 3 is 3.10 bits per heavy atom. The number of carbonyl (C=O) groups is 1. The van der Waals surface area contributed by atoms with Gasteiger partial charge in [0.05, 0.1) is 12.2 Å². The van der Waals surface area contributed by atoms with Crippen molar-refractivity contribution in [3.63, 3.8) is 0 Å². The van der Waals surface area contributed by atoms with Gasteiger partial charge in [-0.3, -0.25) is 4.79 Å². The van der Waals surface area contributed by atoms with E-state index in [1.165, 1.54) is 6.20 Å². The Balaban J connectivity index is 1.72. The molecule has 0 fully saturated rings. The Morgan fingerprint density at radius 1 is 1.45 bits per heavy atom. The lowest BCUT2D eigenvalue weighted by molar-refractivity contribution is -0.117. The zero-order valence-corrected chi connectivity index (χ0v) is 11.4. The third-order valence-corrected chi connectivity index (χ3v) is 3.64. The summed E-state index contributed by atoms with van der Waals surface area (Å²) in [4.78, 5) is 15.2. The molecule has 0 bridgehead atoms. The number of nitrogens with zero attached hydrogens (tertiary/aromatic N) is 2. The number of aromatic amines is 1. The van der Waals surface area contributed by atoms with Gasteiger partial charge in [0, 0.05) is 28.6 Å². The molecule has 0 aliphatic carbocycles. The molecule has 102 valence electrons. The van der Waals surface area contributed by atoms with E-state index in [0.29, 0.717) is 11.4 Å². The molecule has 1 atom stereocenters. The lowest BCUT2D eigenvalue weighted by Crippen LogP contribution is -2.37. The van der Waals surface area contributed by atoms with Gasteiger partial charge in [-0.25, -0.2) is 0 Å². The van der Waals surface area contributed by atoms with Gasteiger partial charge in [0.15, 0.2) is 0 Å². The molecule has 0 aliphatic heterocycles. The summed E-state index contributed by atoms with van der Waals surface area (Å²) in [7, 11) is 0. The minimum absolute atomic E-state index is 0.235. The number of para-hydroxylation sites is 1. The van der Waals surface area contributed by atoms with E-state index in [1.807, 2.05) is 30.5 Å². The molecule has 6 nitrogen and oxygen atoms in total. The molecule has 1 aromatic carbocycles. The normalized spacial score (nSPS) is 12.4. The Kier molecular flexibility index (Phi) is 3.44. The second-order valence-corrected chi connectivity index (χ2v) is 5.23. The number of rotatable bonds is 4. The topological polar surface area (TPSA) is 96.7 Å². The van der Waals surface area contributed by atoms with Gasteiger partial charge >= 0.3 is 0 Å². The smallest absolute Gasteiger partial charge is 0.242 e. The highest BCUT2D eigenvalue weighted by molar-refractivity contribution is 7.10. The fourth-order valence-corrected chi connectivity index (χ4v) is 2.49. The summed E-state index contributed by atoms with van der Waals surface area (Å²) in [5.74, 6) is -0.235. The predicted molar refractivity (Wildman–Crippen MR) is 78.5 cm³/mol. The first-order chi connectivity index (χ1) is 9.74. The Morgan fingerprint density at radius 2 is 2.30 bits per heavy atom. The Bertz CT molecular complexity index is 721. The number of hydrogen-bond donors (Lipinski definition) is 3. The van der Waals surface area contributed by atoms with E-state index in [1.54, 1.807) is 0 Å². The van der Waals surface area contributed by atoms with Gasteiger partial charge < -0.3 is 16.0 Å². The van der Waals surface area contributed by atoms with Crippen LogP contribution in [-0.2, 0) is 11.2 Å². The lowest BCUT2D eigenvalue weighted by atomic mass is 10.1. The van der Waals surface area contributed by atoms with Crippen molar-refractivity contribution in [2.75, 3.05) is 5.32 Å². The van der Waals surface area contributed by atoms with Crippen molar-refractivity contribution >= 4 is 33.3 Å². The maximum Gasteiger partial charge on any atom is 0.242 e. The van der Waals surface area contributed by atoms with Gasteiger partial charge in [-0.2, -0.15) is 0 Å². The molecule has 0 aliphatic rings. The van der Waals surface area contributed by atoms with Crippen LogP contribution in [0.1, 0.15) is 5.56 Å². The second-order valence-electron chi connectivity index (χ2n) is 4.44. The lowest BCUT2D eigenvalue weighted by Gasteiger charge is -2.10. The van der Waals surface area contributed by atoms with Crippen LogP contribution in [0.15, 0.2) is 36.7 Å². The largest absolute Gasteiger partial charge is 0.361 e. The van der Waals surface area contributed by atoms with Crippen LogP contribution in [0, 0.1) is 0 Å². The van der Waals surface area contributed by atoms with Crippen LogP contribution >= 0.6 is 11.5 Å². The molecular formula is C13H13N5OS. The molecule has 3 rings (SSSR count). The van der Waals surface area contributed by atoms with E-state index in [9.17, 15) is 4.79 Å². The van der Waals surface area contributed by atoms with Gasteiger partial charge in [0.2, 0.25) is 5.91 Å². The monoisotopic (exact) mass is 287 g/mol. The summed E-state index contributed by atoms with van der Waals surface area (Å²) in [5.41, 5.74) is 8.03. The van der Waals surface area contributed by atoms with Crippen LogP contribution in [-0.4, -0.2) is 26.5 Å². The van der Waals surface area contributed by atoms with Crippen LogP contribution in [0.4, 0.5) is 5.00 Å². The standard InChI is InChI=1S/C13H13N5OS/c14-10(13(19)17-12-7-16-18-20-12)5-8-6-15-11-4-2-1-3-9(8)11/h1-4,6-7,10,15H,5,14H2,(H,17,19). The summed E-state index contributed by atoms with van der Waals surface area (Å²) in [6.07, 6.45) is 3.87. The molecule has 7 heteroatoms. The Hall–Kier alpha value is -2.25. The molecule has 0 saturated heterocycles. The molecule has 1 unspecified atom stereocenters. The third kappa shape index (κ3) is 2.54. The first kappa shape index (κ1) is 12.8. The van der Waals surface area contributed by atoms with Crippen LogP contribution in [0.5, 0.6) is 0 Å². The number of amides is 1. The number of fused-ring (bicyclic) bond motifs is 1. The van der Waals surface area contributed by atoms with Gasteiger partial charge in [0.25, 0.3) is 0 Å². The predicted octanol–water partition coefficient (Wildman–Crippen LogP) is 1.53. The summed E-state index contributed by atoms with van der Waals surface area (Å²) >= 11 is 1.12. The van der Waals surface area contributed by atoms with E-state index in [0.717, 1.165) is 28.0 Å². The number of carbonyl (C=O) groups excluding carboxylic acids is 1. The molecule has 2 aromatic heterocycles. The zero-order valence-electron chi connectivity index (χ0n) is 10.5. The van der Waals surface area contributed by atoms with E-state index in [2.05, 4.69) is 19.9 Å². The molecule has 4 N–H and O–H groups in total. The summed E-state index contributed by atoms with van der Waals surface area (Å²) < 4.78 is 3.68. The summed E-state index contributed by atoms with van der Waals surface area (Å²) in [6, 6.07) is 7.32. The third-order valence-electron chi connectivity index (χ3n) is 3.06. The second kappa shape index (κ2) is 5.40. The highest BCUT2D eigenvalue weighted by atomic mass is 32.1. The van der Waals surface area contributed by atoms with Crippen molar-refractivity contribution in [3.05, 3.63) is 42.2 Å². The van der Waals surface area contributed by atoms with Crippen LogP contribution in [0.2, 0.25) is 0 Å². The number of hydrogen-bond acceptors (Lipinski definition) is 5.